The first-order valence-corrected chi connectivity index (χ1v) is 5.23. The maximum absolute atomic E-state index is 11.7. The average molecular weight is 229 g/mol. The second-order valence-corrected chi connectivity index (χ2v) is 3.97. The molecule has 1 saturated carbocycles. The third-order valence-corrected chi connectivity index (χ3v) is 2.78. The van der Waals surface area contributed by atoms with Crippen LogP contribution in [0, 0.1) is 24.2 Å². The summed E-state index contributed by atoms with van der Waals surface area (Å²) in [6, 6.07) is 6.96. The Balaban J connectivity index is 2.05. The molecule has 0 radical (unpaired) electrons. The van der Waals surface area contributed by atoms with Gasteiger partial charge in [0, 0.05) is 5.56 Å². The first-order chi connectivity index (χ1) is 8.13. The third-order valence-electron chi connectivity index (χ3n) is 2.78. The molecule has 0 heterocycles. The predicted molar refractivity (Wildman–Crippen MR) is 62.2 cm³/mol. The zero-order chi connectivity index (χ0) is 12.4. The van der Waals surface area contributed by atoms with Crippen LogP contribution in [-0.4, -0.2) is 17.0 Å². The number of carboxylic acid groups (broad SMARTS) is 1. The van der Waals surface area contributed by atoms with Crippen molar-refractivity contribution in [2.24, 2.45) is 11.8 Å². The second-order valence-electron chi connectivity index (χ2n) is 3.97. The molecule has 1 aliphatic rings. The summed E-state index contributed by atoms with van der Waals surface area (Å²) in [4.78, 5) is 22.4. The molecule has 2 rings (SSSR count). The van der Waals surface area contributed by atoms with E-state index in [1.54, 1.807) is 24.3 Å². The van der Waals surface area contributed by atoms with Gasteiger partial charge in [-0.3, -0.25) is 9.59 Å². The van der Waals surface area contributed by atoms with Gasteiger partial charge in [-0.15, -0.1) is 6.42 Å². The van der Waals surface area contributed by atoms with Gasteiger partial charge in [0.25, 0.3) is 0 Å². The number of benzene rings is 1. The maximum atomic E-state index is 11.7. The fraction of sp³-hybridized carbons (Fsp3) is 0.231. The lowest BCUT2D eigenvalue weighted by Gasteiger charge is -2.06. The smallest absolute Gasteiger partial charge is 0.307 e. The molecular formula is C13H11NO3. The van der Waals surface area contributed by atoms with Crippen LogP contribution in [0.5, 0.6) is 0 Å². The first-order valence-electron chi connectivity index (χ1n) is 5.23. The van der Waals surface area contributed by atoms with E-state index in [0.717, 1.165) is 0 Å². The van der Waals surface area contributed by atoms with Crippen LogP contribution in [0.2, 0.25) is 0 Å². The molecule has 0 bridgehead atoms. The van der Waals surface area contributed by atoms with Gasteiger partial charge >= 0.3 is 5.97 Å². The van der Waals surface area contributed by atoms with Gasteiger partial charge in [0.2, 0.25) is 5.91 Å². The zero-order valence-electron chi connectivity index (χ0n) is 9.01. The van der Waals surface area contributed by atoms with Crippen molar-refractivity contribution in [2.45, 2.75) is 6.42 Å². The number of nitrogens with one attached hydrogen (secondary N) is 1. The van der Waals surface area contributed by atoms with Crippen LogP contribution in [0.25, 0.3) is 0 Å². The molecule has 2 unspecified atom stereocenters. The topological polar surface area (TPSA) is 66.4 Å². The van der Waals surface area contributed by atoms with Gasteiger partial charge in [0.1, 0.15) is 0 Å². The standard InChI is InChI=1S/C13H11NO3/c1-2-8-5-3-4-6-11(8)14-12(15)9-7-10(9)13(16)17/h1,3-6,9-10H,7H2,(H,14,15)(H,16,17). The molecule has 86 valence electrons. The number of rotatable bonds is 3. The summed E-state index contributed by atoms with van der Waals surface area (Å²) in [6.07, 6.45) is 5.70. The van der Waals surface area contributed by atoms with Crippen molar-refractivity contribution in [1.82, 2.24) is 0 Å². The number of anilines is 1. The molecule has 1 aromatic rings. The molecule has 1 aliphatic carbocycles. The van der Waals surface area contributed by atoms with Crippen molar-refractivity contribution in [2.75, 3.05) is 5.32 Å². The quantitative estimate of drug-likeness (QED) is 0.768. The number of para-hydroxylation sites is 1. The number of hydrogen-bond donors (Lipinski definition) is 2. The van der Waals surface area contributed by atoms with E-state index in [1.165, 1.54) is 0 Å². The van der Waals surface area contributed by atoms with Crippen molar-refractivity contribution in [1.29, 1.82) is 0 Å². The molecule has 0 saturated heterocycles. The van der Waals surface area contributed by atoms with Gasteiger partial charge in [0.05, 0.1) is 17.5 Å². The molecule has 1 aromatic carbocycles. The first kappa shape index (κ1) is 11.2. The van der Waals surface area contributed by atoms with Crippen LogP contribution in [0.3, 0.4) is 0 Å². The van der Waals surface area contributed by atoms with E-state index in [1.807, 2.05) is 0 Å². The third kappa shape index (κ3) is 2.28. The number of aliphatic carboxylic acids is 1. The Labute approximate surface area is 98.6 Å². The summed E-state index contributed by atoms with van der Waals surface area (Å²) < 4.78 is 0. The summed E-state index contributed by atoms with van der Waals surface area (Å²) in [7, 11) is 0. The summed E-state index contributed by atoms with van der Waals surface area (Å²) in [5.74, 6) is 0.284. The highest BCUT2D eigenvalue weighted by atomic mass is 16.4. The van der Waals surface area contributed by atoms with Crippen LogP contribution in [0.15, 0.2) is 24.3 Å². The molecule has 2 N–H and O–H groups in total. The minimum Gasteiger partial charge on any atom is -0.481 e. The number of carbonyl (C=O) groups excluding carboxylic acids is 1. The number of carboxylic acids is 1. The molecule has 0 aromatic heterocycles. The van der Waals surface area contributed by atoms with Crippen LogP contribution < -0.4 is 5.32 Å². The average Bonchev–Trinajstić information content (AvgIpc) is 3.09. The number of carbonyl (C=O) groups is 2. The fourth-order valence-electron chi connectivity index (χ4n) is 1.70. The Morgan fingerprint density at radius 1 is 1.35 bits per heavy atom. The molecule has 4 nitrogen and oxygen atoms in total. The summed E-state index contributed by atoms with van der Waals surface area (Å²) in [5.41, 5.74) is 1.14. The van der Waals surface area contributed by atoms with E-state index in [2.05, 4.69) is 11.2 Å². The number of terminal acetylenes is 1. The molecule has 0 aliphatic heterocycles. The lowest BCUT2D eigenvalue weighted by Crippen LogP contribution is -2.17. The van der Waals surface area contributed by atoms with E-state index in [4.69, 9.17) is 11.5 Å². The zero-order valence-corrected chi connectivity index (χ0v) is 9.01. The molecule has 4 heteroatoms. The molecule has 2 atom stereocenters. The highest BCUT2D eigenvalue weighted by Gasteiger charge is 2.48. The van der Waals surface area contributed by atoms with E-state index in [9.17, 15) is 9.59 Å². The van der Waals surface area contributed by atoms with E-state index >= 15 is 0 Å². The largest absolute Gasteiger partial charge is 0.481 e. The Kier molecular flexibility index (Phi) is 2.84. The molecule has 0 spiro atoms. The molecule has 1 fully saturated rings. The highest BCUT2D eigenvalue weighted by Crippen LogP contribution is 2.39. The van der Waals surface area contributed by atoms with Crippen molar-refractivity contribution in [3.63, 3.8) is 0 Å². The Hall–Kier alpha value is -2.28. The number of amides is 1. The van der Waals surface area contributed by atoms with Crippen LogP contribution in [0.4, 0.5) is 5.69 Å². The second kappa shape index (κ2) is 4.30. The van der Waals surface area contributed by atoms with E-state index < -0.39 is 17.8 Å². The lowest BCUT2D eigenvalue weighted by molar-refractivity contribution is -0.139. The Morgan fingerprint density at radius 2 is 2.06 bits per heavy atom. The predicted octanol–water partition coefficient (Wildman–Crippen LogP) is 1.33. The van der Waals surface area contributed by atoms with Gasteiger partial charge < -0.3 is 10.4 Å². The minimum atomic E-state index is -0.921. The van der Waals surface area contributed by atoms with Gasteiger partial charge in [0.15, 0.2) is 0 Å². The minimum absolute atomic E-state index is 0.278. The molecule has 1 amide bonds. The van der Waals surface area contributed by atoms with Crippen molar-refractivity contribution >= 4 is 17.6 Å². The number of hydrogen-bond acceptors (Lipinski definition) is 2. The van der Waals surface area contributed by atoms with Crippen LogP contribution in [0.1, 0.15) is 12.0 Å². The van der Waals surface area contributed by atoms with Gasteiger partial charge in [-0.05, 0) is 18.6 Å². The van der Waals surface area contributed by atoms with E-state index in [0.29, 0.717) is 17.7 Å². The van der Waals surface area contributed by atoms with Crippen molar-refractivity contribution in [3.8, 4) is 12.3 Å². The van der Waals surface area contributed by atoms with Crippen molar-refractivity contribution < 1.29 is 14.7 Å². The van der Waals surface area contributed by atoms with Crippen LogP contribution in [-0.2, 0) is 9.59 Å². The SMILES string of the molecule is C#Cc1ccccc1NC(=O)C1CC1C(=O)O. The monoisotopic (exact) mass is 229 g/mol. The molecular weight excluding hydrogens is 218 g/mol. The lowest BCUT2D eigenvalue weighted by atomic mass is 10.2. The summed E-state index contributed by atoms with van der Waals surface area (Å²) >= 11 is 0. The molecule has 17 heavy (non-hydrogen) atoms. The Bertz CT molecular complexity index is 516. The Morgan fingerprint density at radius 3 is 2.65 bits per heavy atom. The van der Waals surface area contributed by atoms with Gasteiger partial charge in [-0.2, -0.15) is 0 Å². The van der Waals surface area contributed by atoms with Crippen molar-refractivity contribution in [3.05, 3.63) is 29.8 Å². The van der Waals surface area contributed by atoms with Crippen LogP contribution >= 0.6 is 0 Å². The summed E-state index contributed by atoms with van der Waals surface area (Å²) in [5, 5.41) is 11.4. The van der Waals surface area contributed by atoms with Gasteiger partial charge in [-0.1, -0.05) is 18.1 Å². The highest BCUT2D eigenvalue weighted by molar-refractivity contribution is 5.99. The maximum Gasteiger partial charge on any atom is 0.307 e. The van der Waals surface area contributed by atoms with E-state index in [-0.39, 0.29) is 5.91 Å². The van der Waals surface area contributed by atoms with Gasteiger partial charge in [-0.25, -0.2) is 0 Å². The summed E-state index contributed by atoms with van der Waals surface area (Å²) in [6.45, 7) is 0. The normalized spacial score (nSPS) is 21.4. The fourth-order valence-corrected chi connectivity index (χ4v) is 1.70.